The van der Waals surface area contributed by atoms with Crippen LogP contribution in [-0.2, 0) is 0 Å². The van der Waals surface area contributed by atoms with E-state index in [2.05, 4.69) is 91.0 Å². The van der Waals surface area contributed by atoms with Crippen LogP contribution in [0.1, 0.15) is 0 Å². The summed E-state index contributed by atoms with van der Waals surface area (Å²) in [6, 6.07) is 44.0. The normalized spacial score (nSPS) is 11.5. The molecule has 0 amide bonds. The molecule has 0 aromatic heterocycles. The molecule has 0 heterocycles. The number of hydrogen-bond donors (Lipinski definition) is 2. The molecule has 7 rings (SSSR count). The molecule has 7 aromatic rings. The summed E-state index contributed by atoms with van der Waals surface area (Å²) >= 11 is 0. The van der Waals surface area contributed by atoms with Gasteiger partial charge in [0.25, 0.3) is 0 Å². The molecule has 0 saturated carbocycles. The molecule has 174 valence electrons. The highest BCUT2D eigenvalue weighted by Crippen LogP contribution is 2.47. The molecule has 0 aliphatic rings. The van der Waals surface area contributed by atoms with Gasteiger partial charge in [-0.1, -0.05) is 127 Å². The Morgan fingerprint density at radius 3 is 1.00 bits per heavy atom. The van der Waals surface area contributed by atoms with Crippen molar-refractivity contribution in [2.45, 2.75) is 0 Å². The van der Waals surface area contributed by atoms with Crippen molar-refractivity contribution in [2.75, 3.05) is 0 Å². The fourth-order valence-electron chi connectivity index (χ4n) is 6.02. The summed E-state index contributed by atoms with van der Waals surface area (Å²) in [5, 5.41) is 29.3. The van der Waals surface area contributed by atoms with Crippen LogP contribution in [-0.4, -0.2) is 17.2 Å². The minimum absolute atomic E-state index is 0.546. The predicted molar refractivity (Wildman–Crippen MR) is 157 cm³/mol. The average Bonchev–Trinajstić information content (AvgIpc) is 2.95. The second kappa shape index (κ2) is 8.60. The lowest BCUT2D eigenvalue weighted by atomic mass is 9.71. The fraction of sp³-hybridized carbons (Fsp3) is 0. The summed E-state index contributed by atoms with van der Waals surface area (Å²) in [4.78, 5) is 0. The molecule has 0 unspecified atom stereocenters. The summed E-state index contributed by atoms with van der Waals surface area (Å²) in [7, 11) is -1.57. The third-order valence-electron chi connectivity index (χ3n) is 7.48. The highest BCUT2D eigenvalue weighted by Gasteiger charge is 2.24. The molecule has 0 saturated heterocycles. The first kappa shape index (κ1) is 21.8. The van der Waals surface area contributed by atoms with Crippen LogP contribution in [0.2, 0.25) is 0 Å². The largest absolute Gasteiger partial charge is 0.489 e. The molecular formula is C34H23BO2. The molecule has 7 aromatic carbocycles. The van der Waals surface area contributed by atoms with Gasteiger partial charge in [-0.05, 0) is 70.8 Å². The van der Waals surface area contributed by atoms with Crippen molar-refractivity contribution in [3.8, 4) is 22.3 Å². The van der Waals surface area contributed by atoms with E-state index in [0.717, 1.165) is 32.7 Å². The molecule has 2 nitrogen and oxygen atoms in total. The van der Waals surface area contributed by atoms with Crippen LogP contribution in [0.5, 0.6) is 0 Å². The van der Waals surface area contributed by atoms with E-state index in [9.17, 15) is 10.0 Å². The van der Waals surface area contributed by atoms with Crippen LogP contribution in [0.15, 0.2) is 127 Å². The third kappa shape index (κ3) is 3.29. The Morgan fingerprint density at radius 2 is 0.622 bits per heavy atom. The van der Waals surface area contributed by atoms with Crippen molar-refractivity contribution >= 4 is 55.7 Å². The molecule has 3 heteroatoms. The number of rotatable bonds is 3. The molecule has 0 aliphatic carbocycles. The van der Waals surface area contributed by atoms with Crippen molar-refractivity contribution in [3.63, 3.8) is 0 Å². The molecule has 2 N–H and O–H groups in total. The zero-order chi connectivity index (χ0) is 24.9. The zero-order valence-corrected chi connectivity index (χ0v) is 20.1. The van der Waals surface area contributed by atoms with E-state index in [-0.39, 0.29) is 0 Å². The van der Waals surface area contributed by atoms with E-state index in [1.165, 1.54) is 32.7 Å². The number of benzene rings is 7. The third-order valence-corrected chi connectivity index (χ3v) is 7.48. The Hall–Kier alpha value is -4.44. The van der Waals surface area contributed by atoms with Gasteiger partial charge in [0, 0.05) is 0 Å². The average molecular weight is 474 g/mol. The molecule has 0 fully saturated rings. The van der Waals surface area contributed by atoms with Gasteiger partial charge in [-0.15, -0.1) is 0 Å². The molecule has 0 aliphatic heterocycles. The minimum Gasteiger partial charge on any atom is -0.423 e. The van der Waals surface area contributed by atoms with Gasteiger partial charge in [0.15, 0.2) is 0 Å². The van der Waals surface area contributed by atoms with Crippen molar-refractivity contribution in [2.24, 2.45) is 0 Å². The predicted octanol–water partition coefficient (Wildman–Crippen LogP) is 7.31. The highest BCUT2D eigenvalue weighted by molar-refractivity contribution is 6.66. The zero-order valence-electron chi connectivity index (χ0n) is 20.1. The van der Waals surface area contributed by atoms with E-state index >= 15 is 0 Å². The Morgan fingerprint density at radius 1 is 0.324 bits per heavy atom. The quantitative estimate of drug-likeness (QED) is 0.208. The second-order valence-corrected chi connectivity index (χ2v) is 9.46. The summed E-state index contributed by atoms with van der Waals surface area (Å²) in [5.41, 5.74) is 5.24. The van der Waals surface area contributed by atoms with Crippen LogP contribution in [0, 0.1) is 0 Å². The van der Waals surface area contributed by atoms with Gasteiger partial charge < -0.3 is 10.0 Å². The summed E-state index contributed by atoms with van der Waals surface area (Å²) in [6.45, 7) is 0. The topological polar surface area (TPSA) is 40.5 Å². The van der Waals surface area contributed by atoms with Gasteiger partial charge >= 0.3 is 7.12 Å². The van der Waals surface area contributed by atoms with E-state index in [0.29, 0.717) is 5.46 Å². The lowest BCUT2D eigenvalue weighted by Gasteiger charge is -2.21. The second-order valence-electron chi connectivity index (χ2n) is 9.46. The summed E-state index contributed by atoms with van der Waals surface area (Å²) < 4.78 is 0. The molecule has 37 heavy (non-hydrogen) atoms. The summed E-state index contributed by atoms with van der Waals surface area (Å²) in [5.74, 6) is 0. The maximum absolute atomic E-state index is 10.4. The highest BCUT2D eigenvalue weighted by atomic mass is 16.4. The number of fused-ring (bicyclic) bond motifs is 4. The number of hydrogen-bond acceptors (Lipinski definition) is 2. The first-order valence-corrected chi connectivity index (χ1v) is 12.5. The van der Waals surface area contributed by atoms with Gasteiger partial charge in [-0.3, -0.25) is 0 Å². The molecule has 0 atom stereocenters. The maximum atomic E-state index is 10.4. The van der Waals surface area contributed by atoms with Gasteiger partial charge in [0.05, 0.1) is 0 Å². The van der Waals surface area contributed by atoms with Crippen molar-refractivity contribution in [1.82, 2.24) is 0 Å². The van der Waals surface area contributed by atoms with E-state index in [1.54, 1.807) is 0 Å². The Bertz CT molecular complexity index is 1850. The van der Waals surface area contributed by atoms with Gasteiger partial charge in [0.2, 0.25) is 0 Å². The van der Waals surface area contributed by atoms with Crippen LogP contribution in [0.3, 0.4) is 0 Å². The van der Waals surface area contributed by atoms with E-state index in [4.69, 9.17) is 0 Å². The lowest BCUT2D eigenvalue weighted by Crippen LogP contribution is -2.31. The van der Waals surface area contributed by atoms with Crippen molar-refractivity contribution < 1.29 is 10.0 Å². The monoisotopic (exact) mass is 474 g/mol. The smallest absolute Gasteiger partial charge is 0.423 e. The van der Waals surface area contributed by atoms with E-state index in [1.807, 2.05) is 36.4 Å². The summed E-state index contributed by atoms with van der Waals surface area (Å²) in [6.07, 6.45) is 0. The Labute approximate surface area is 215 Å². The van der Waals surface area contributed by atoms with Gasteiger partial charge in [-0.2, -0.15) is 0 Å². The Kier molecular flexibility index (Phi) is 5.07. The SMILES string of the molecule is OB(O)c1c2ccccc2c(-c2c3ccccc3c(-c3ccccc3)c3ccccc23)c2ccccc12. The van der Waals surface area contributed by atoms with Crippen molar-refractivity contribution in [3.05, 3.63) is 127 Å². The van der Waals surface area contributed by atoms with Crippen LogP contribution in [0.4, 0.5) is 0 Å². The Balaban J connectivity index is 1.76. The molecular weight excluding hydrogens is 451 g/mol. The first-order valence-electron chi connectivity index (χ1n) is 12.5. The minimum atomic E-state index is -1.57. The maximum Gasteiger partial charge on any atom is 0.489 e. The lowest BCUT2D eigenvalue weighted by molar-refractivity contribution is 0.426. The van der Waals surface area contributed by atoms with Crippen LogP contribution >= 0.6 is 0 Å². The van der Waals surface area contributed by atoms with Gasteiger partial charge in [-0.25, -0.2) is 0 Å². The molecule has 0 spiro atoms. The molecule has 0 radical (unpaired) electrons. The van der Waals surface area contributed by atoms with Crippen molar-refractivity contribution in [1.29, 1.82) is 0 Å². The molecule has 0 bridgehead atoms. The first-order chi connectivity index (χ1) is 18.2. The van der Waals surface area contributed by atoms with Crippen LogP contribution in [0.25, 0.3) is 65.3 Å². The fourth-order valence-corrected chi connectivity index (χ4v) is 6.02. The standard InChI is InChI=1S/C34H23BO2/c36-35(37)34-29-20-10-8-18-27(29)33(28-19-9-11-21-30(28)34)32-25-16-6-4-14-23(25)31(22-12-2-1-3-13-22)24-15-5-7-17-26(24)32/h1-21,36-37H. The van der Waals surface area contributed by atoms with Gasteiger partial charge in [0.1, 0.15) is 0 Å². The van der Waals surface area contributed by atoms with Crippen LogP contribution < -0.4 is 5.46 Å². The van der Waals surface area contributed by atoms with E-state index < -0.39 is 7.12 Å².